The fourth-order valence-electron chi connectivity index (χ4n) is 3.76. The number of nitrogens with zero attached hydrogens (tertiary/aromatic N) is 3. The molecule has 25 heavy (non-hydrogen) atoms. The van der Waals surface area contributed by atoms with Gasteiger partial charge in [0.05, 0.1) is 11.4 Å². The molecule has 0 atom stereocenters. The molecule has 1 aliphatic heterocycles. The number of nitrogens with two attached hydrogens (primary N) is 1. The molecule has 0 bridgehead atoms. The Balaban J connectivity index is 1.72. The van der Waals surface area contributed by atoms with E-state index in [1.165, 1.54) is 16.8 Å². The predicted octanol–water partition coefficient (Wildman–Crippen LogP) is 3.77. The standard InChI is InChI=1S/C21H26N4/c1-21(2,3)20-18(25-13-17(22)8-9-19(25)23-20)14-24-11-10-15-6-4-5-7-16(15)12-24/h4-9,13H,10-12,14,22H2,1-3H3. The molecule has 0 saturated heterocycles. The van der Waals surface area contributed by atoms with Gasteiger partial charge in [0.15, 0.2) is 0 Å². The van der Waals surface area contributed by atoms with E-state index in [4.69, 9.17) is 10.7 Å². The number of hydrogen-bond acceptors (Lipinski definition) is 3. The lowest BCUT2D eigenvalue weighted by molar-refractivity contribution is 0.240. The van der Waals surface area contributed by atoms with Crippen molar-refractivity contribution in [2.75, 3.05) is 12.3 Å². The first kappa shape index (κ1) is 16.2. The second-order valence-corrected chi connectivity index (χ2v) is 8.08. The zero-order chi connectivity index (χ0) is 17.6. The highest BCUT2D eigenvalue weighted by Gasteiger charge is 2.26. The number of benzene rings is 1. The average Bonchev–Trinajstić information content (AvgIpc) is 2.93. The highest BCUT2D eigenvalue weighted by molar-refractivity contribution is 5.51. The third-order valence-corrected chi connectivity index (χ3v) is 5.03. The highest BCUT2D eigenvalue weighted by Crippen LogP contribution is 2.29. The summed E-state index contributed by atoms with van der Waals surface area (Å²) < 4.78 is 2.18. The van der Waals surface area contributed by atoms with Gasteiger partial charge in [-0.05, 0) is 29.7 Å². The fraction of sp³-hybridized carbons (Fsp3) is 0.381. The Kier molecular flexibility index (Phi) is 3.80. The summed E-state index contributed by atoms with van der Waals surface area (Å²) in [6.45, 7) is 9.66. The van der Waals surface area contributed by atoms with Crippen molar-refractivity contribution in [3.05, 3.63) is 65.1 Å². The van der Waals surface area contributed by atoms with Crippen LogP contribution in [0, 0.1) is 0 Å². The van der Waals surface area contributed by atoms with Gasteiger partial charge in [-0.3, -0.25) is 4.90 Å². The van der Waals surface area contributed by atoms with Gasteiger partial charge in [-0.1, -0.05) is 45.0 Å². The molecule has 4 rings (SSSR count). The molecular weight excluding hydrogens is 308 g/mol. The van der Waals surface area contributed by atoms with Gasteiger partial charge in [0.1, 0.15) is 5.65 Å². The van der Waals surface area contributed by atoms with Gasteiger partial charge >= 0.3 is 0 Å². The number of pyridine rings is 1. The zero-order valence-electron chi connectivity index (χ0n) is 15.3. The topological polar surface area (TPSA) is 46.6 Å². The normalized spacial score (nSPS) is 15.5. The van der Waals surface area contributed by atoms with Gasteiger partial charge in [0.2, 0.25) is 0 Å². The molecule has 3 heterocycles. The summed E-state index contributed by atoms with van der Waals surface area (Å²) >= 11 is 0. The van der Waals surface area contributed by atoms with E-state index in [2.05, 4.69) is 54.3 Å². The van der Waals surface area contributed by atoms with Crippen LogP contribution in [0.4, 0.5) is 5.69 Å². The van der Waals surface area contributed by atoms with Crippen molar-refractivity contribution in [3.8, 4) is 0 Å². The molecule has 1 aliphatic rings. The first-order valence-corrected chi connectivity index (χ1v) is 8.98. The second kappa shape index (κ2) is 5.88. The minimum Gasteiger partial charge on any atom is -0.398 e. The Labute approximate surface area is 149 Å². The SMILES string of the molecule is CC(C)(C)c1nc2ccc(N)cn2c1CN1CCc2ccccc2C1. The van der Waals surface area contributed by atoms with Gasteiger partial charge in [-0.2, -0.15) is 0 Å². The van der Waals surface area contributed by atoms with Crippen LogP contribution >= 0.6 is 0 Å². The number of aromatic nitrogens is 2. The molecule has 0 unspecified atom stereocenters. The van der Waals surface area contributed by atoms with Gasteiger partial charge < -0.3 is 10.1 Å². The van der Waals surface area contributed by atoms with E-state index in [0.717, 1.165) is 43.1 Å². The van der Waals surface area contributed by atoms with E-state index in [0.29, 0.717) is 0 Å². The molecule has 0 amide bonds. The maximum atomic E-state index is 6.05. The third kappa shape index (κ3) is 3.02. The van der Waals surface area contributed by atoms with Crippen molar-refractivity contribution in [1.82, 2.24) is 14.3 Å². The van der Waals surface area contributed by atoms with Gasteiger partial charge in [-0.15, -0.1) is 0 Å². The minimum absolute atomic E-state index is 0.00378. The van der Waals surface area contributed by atoms with Crippen molar-refractivity contribution >= 4 is 11.3 Å². The molecule has 1 aromatic carbocycles. The molecule has 3 aromatic rings. The summed E-state index contributed by atoms with van der Waals surface area (Å²) in [5.41, 5.74) is 13.2. The third-order valence-electron chi connectivity index (χ3n) is 5.03. The largest absolute Gasteiger partial charge is 0.398 e. The molecule has 0 radical (unpaired) electrons. The second-order valence-electron chi connectivity index (χ2n) is 8.08. The van der Waals surface area contributed by atoms with E-state index in [-0.39, 0.29) is 5.41 Å². The van der Waals surface area contributed by atoms with Crippen LogP contribution in [0.2, 0.25) is 0 Å². The Hall–Kier alpha value is -2.33. The van der Waals surface area contributed by atoms with Crippen LogP contribution in [0.1, 0.15) is 43.3 Å². The number of fused-ring (bicyclic) bond motifs is 2. The summed E-state index contributed by atoms with van der Waals surface area (Å²) in [6.07, 6.45) is 3.12. The molecule has 0 saturated carbocycles. The summed E-state index contributed by atoms with van der Waals surface area (Å²) in [5.74, 6) is 0. The van der Waals surface area contributed by atoms with Gasteiger partial charge in [-0.25, -0.2) is 4.98 Å². The van der Waals surface area contributed by atoms with Crippen molar-refractivity contribution in [2.24, 2.45) is 0 Å². The quantitative estimate of drug-likeness (QED) is 0.776. The molecule has 0 spiro atoms. The summed E-state index contributed by atoms with van der Waals surface area (Å²) in [6, 6.07) is 12.7. The van der Waals surface area contributed by atoms with Crippen LogP contribution in [-0.2, 0) is 24.9 Å². The van der Waals surface area contributed by atoms with E-state index in [9.17, 15) is 0 Å². The van der Waals surface area contributed by atoms with E-state index >= 15 is 0 Å². The number of hydrogen-bond donors (Lipinski definition) is 1. The van der Waals surface area contributed by atoms with Crippen molar-refractivity contribution in [1.29, 1.82) is 0 Å². The lowest BCUT2D eigenvalue weighted by Crippen LogP contribution is -2.31. The molecule has 2 aromatic heterocycles. The maximum Gasteiger partial charge on any atom is 0.137 e. The van der Waals surface area contributed by atoms with Crippen molar-refractivity contribution in [3.63, 3.8) is 0 Å². The molecule has 2 N–H and O–H groups in total. The maximum absolute atomic E-state index is 6.05. The lowest BCUT2D eigenvalue weighted by atomic mass is 9.90. The number of nitrogen functional groups attached to an aromatic ring is 1. The predicted molar refractivity (Wildman–Crippen MR) is 103 cm³/mol. The van der Waals surface area contributed by atoms with E-state index in [1.807, 2.05) is 18.3 Å². The molecule has 0 aliphatic carbocycles. The van der Waals surface area contributed by atoms with Crippen LogP contribution in [-0.4, -0.2) is 20.8 Å². The number of rotatable bonds is 2. The Morgan fingerprint density at radius 3 is 2.60 bits per heavy atom. The highest BCUT2D eigenvalue weighted by atomic mass is 15.2. The van der Waals surface area contributed by atoms with Crippen LogP contribution in [0.15, 0.2) is 42.6 Å². The van der Waals surface area contributed by atoms with Gasteiger partial charge in [0.25, 0.3) is 0 Å². The number of anilines is 1. The fourth-order valence-corrected chi connectivity index (χ4v) is 3.76. The first-order valence-electron chi connectivity index (χ1n) is 8.98. The monoisotopic (exact) mass is 334 g/mol. The van der Waals surface area contributed by atoms with E-state index in [1.54, 1.807) is 0 Å². The number of imidazole rings is 1. The molecular formula is C21H26N4. The Morgan fingerprint density at radius 1 is 1.08 bits per heavy atom. The van der Waals surface area contributed by atoms with Crippen molar-refractivity contribution in [2.45, 2.75) is 45.7 Å². The smallest absolute Gasteiger partial charge is 0.137 e. The van der Waals surface area contributed by atoms with Gasteiger partial charge in [0, 0.05) is 36.9 Å². The van der Waals surface area contributed by atoms with Crippen LogP contribution in [0.5, 0.6) is 0 Å². The summed E-state index contributed by atoms with van der Waals surface area (Å²) in [5, 5.41) is 0. The summed E-state index contributed by atoms with van der Waals surface area (Å²) in [7, 11) is 0. The molecule has 130 valence electrons. The van der Waals surface area contributed by atoms with Crippen LogP contribution < -0.4 is 5.73 Å². The summed E-state index contributed by atoms with van der Waals surface area (Å²) in [4.78, 5) is 7.43. The molecule has 4 heteroatoms. The minimum atomic E-state index is 0.00378. The Bertz CT molecular complexity index is 917. The first-order chi connectivity index (χ1) is 11.9. The Morgan fingerprint density at radius 2 is 1.84 bits per heavy atom. The molecule has 0 fully saturated rings. The lowest BCUT2D eigenvalue weighted by Gasteiger charge is -2.29. The van der Waals surface area contributed by atoms with Crippen molar-refractivity contribution < 1.29 is 0 Å². The molecule has 4 nitrogen and oxygen atoms in total. The van der Waals surface area contributed by atoms with Crippen LogP contribution in [0.3, 0.4) is 0 Å². The average molecular weight is 334 g/mol. The van der Waals surface area contributed by atoms with Crippen LogP contribution in [0.25, 0.3) is 5.65 Å². The van der Waals surface area contributed by atoms with E-state index < -0.39 is 0 Å². The zero-order valence-corrected chi connectivity index (χ0v) is 15.3.